The van der Waals surface area contributed by atoms with Crippen LogP contribution in [0.2, 0.25) is 0 Å². The lowest BCUT2D eigenvalue weighted by atomic mass is 9.76. The molecule has 2 rings (SSSR count). The summed E-state index contributed by atoms with van der Waals surface area (Å²) < 4.78 is 33.4. The van der Waals surface area contributed by atoms with E-state index < -0.39 is 29.0 Å². The lowest BCUT2D eigenvalue weighted by Gasteiger charge is -2.34. The number of aliphatic hydroxyl groups is 1. The first kappa shape index (κ1) is 14.4. The van der Waals surface area contributed by atoms with Gasteiger partial charge in [0, 0.05) is 11.5 Å². The molecular weight excluding hydrogens is 252 g/mol. The van der Waals surface area contributed by atoms with Crippen molar-refractivity contribution in [2.45, 2.75) is 31.2 Å². The number of hydrogen-bond donors (Lipinski definition) is 2. The lowest BCUT2D eigenvalue weighted by molar-refractivity contribution is -0.0341. The van der Waals surface area contributed by atoms with Crippen LogP contribution >= 0.6 is 0 Å². The molecule has 5 heteroatoms. The zero-order valence-corrected chi connectivity index (χ0v) is 11.1. The molecule has 1 aliphatic rings. The molecule has 0 radical (unpaired) electrons. The van der Waals surface area contributed by atoms with Crippen LogP contribution in [0.3, 0.4) is 0 Å². The predicted octanol–water partition coefficient (Wildman–Crippen LogP) is 1.74. The van der Waals surface area contributed by atoms with Crippen molar-refractivity contribution in [1.82, 2.24) is 0 Å². The van der Waals surface area contributed by atoms with E-state index in [9.17, 15) is 13.9 Å². The Balaban J connectivity index is 2.42. The summed E-state index contributed by atoms with van der Waals surface area (Å²) in [5.41, 5.74) is 3.61. The van der Waals surface area contributed by atoms with Crippen LogP contribution in [0.4, 0.5) is 8.78 Å². The van der Waals surface area contributed by atoms with Crippen LogP contribution in [-0.4, -0.2) is 30.1 Å². The average molecular weight is 271 g/mol. The van der Waals surface area contributed by atoms with E-state index in [1.54, 1.807) is 18.2 Å². The van der Waals surface area contributed by atoms with Crippen molar-refractivity contribution in [2.24, 2.45) is 11.7 Å². The van der Waals surface area contributed by atoms with Crippen LogP contribution in [-0.2, 0) is 10.3 Å². The van der Waals surface area contributed by atoms with Gasteiger partial charge in [-0.1, -0.05) is 18.2 Å². The van der Waals surface area contributed by atoms with E-state index in [1.165, 1.54) is 19.9 Å². The third-order valence-corrected chi connectivity index (χ3v) is 3.78. The topological polar surface area (TPSA) is 55.5 Å². The van der Waals surface area contributed by atoms with Gasteiger partial charge in [-0.25, -0.2) is 8.78 Å². The van der Waals surface area contributed by atoms with Crippen molar-refractivity contribution in [3.63, 3.8) is 0 Å². The Hall–Kier alpha value is -1.04. The number of rotatable bonds is 3. The van der Waals surface area contributed by atoms with Gasteiger partial charge in [0.1, 0.15) is 11.5 Å². The van der Waals surface area contributed by atoms with Crippen molar-refractivity contribution < 1.29 is 18.6 Å². The fraction of sp³-hybridized carbons (Fsp3) is 0.571. The van der Waals surface area contributed by atoms with Crippen LogP contribution in [0.1, 0.15) is 19.4 Å². The first-order chi connectivity index (χ1) is 8.80. The fourth-order valence-electron chi connectivity index (χ4n) is 2.77. The number of benzene rings is 1. The molecule has 0 aliphatic carbocycles. The molecule has 1 aliphatic heterocycles. The number of hydrogen-bond acceptors (Lipinski definition) is 3. The molecule has 0 spiro atoms. The molecule has 1 aromatic carbocycles. The van der Waals surface area contributed by atoms with Gasteiger partial charge in [-0.2, -0.15) is 0 Å². The minimum absolute atomic E-state index is 0.0167. The molecule has 0 amide bonds. The standard InChI is InChI=1S/C14H19F2NO2/c1-13(2,16)12-10(7-18)14(17,8-19-12)9-5-3-4-6-11(9)15/h3-6,10,12,18H,7-8,17H2,1-2H3/t10-,12+,14-/m1/s1. The molecule has 3 atom stereocenters. The maximum atomic E-state index is 14.1. The lowest BCUT2D eigenvalue weighted by Crippen LogP contribution is -2.50. The second kappa shape index (κ2) is 4.81. The van der Waals surface area contributed by atoms with Crippen molar-refractivity contribution in [3.05, 3.63) is 35.6 Å². The summed E-state index contributed by atoms with van der Waals surface area (Å²) in [6, 6.07) is 6.07. The first-order valence-electron chi connectivity index (χ1n) is 6.26. The highest BCUT2D eigenvalue weighted by molar-refractivity contribution is 5.29. The number of halogens is 2. The van der Waals surface area contributed by atoms with Gasteiger partial charge in [0.15, 0.2) is 0 Å². The maximum absolute atomic E-state index is 14.1. The highest BCUT2D eigenvalue weighted by Gasteiger charge is 2.54. The van der Waals surface area contributed by atoms with Crippen LogP contribution in [0, 0.1) is 11.7 Å². The predicted molar refractivity (Wildman–Crippen MR) is 67.8 cm³/mol. The van der Waals surface area contributed by atoms with Crippen LogP contribution in [0.15, 0.2) is 24.3 Å². The van der Waals surface area contributed by atoms with Gasteiger partial charge in [-0.15, -0.1) is 0 Å². The normalized spacial score (nSPS) is 31.7. The van der Waals surface area contributed by atoms with Gasteiger partial charge >= 0.3 is 0 Å². The summed E-state index contributed by atoms with van der Waals surface area (Å²) in [5.74, 6) is -1.16. The number of alkyl halides is 1. The van der Waals surface area contributed by atoms with Crippen molar-refractivity contribution in [2.75, 3.05) is 13.2 Å². The fourth-order valence-corrected chi connectivity index (χ4v) is 2.77. The van der Waals surface area contributed by atoms with Gasteiger partial charge < -0.3 is 15.6 Å². The number of aliphatic hydroxyl groups excluding tert-OH is 1. The van der Waals surface area contributed by atoms with Gasteiger partial charge in [0.25, 0.3) is 0 Å². The van der Waals surface area contributed by atoms with Crippen LogP contribution in [0.5, 0.6) is 0 Å². The Labute approximate surface area is 111 Å². The van der Waals surface area contributed by atoms with Gasteiger partial charge in [-0.05, 0) is 19.9 Å². The van der Waals surface area contributed by atoms with E-state index in [0.717, 1.165) is 0 Å². The molecule has 1 heterocycles. The Morgan fingerprint density at radius 3 is 2.63 bits per heavy atom. The molecule has 19 heavy (non-hydrogen) atoms. The molecular formula is C14H19F2NO2. The van der Waals surface area contributed by atoms with E-state index in [2.05, 4.69) is 0 Å². The zero-order chi connectivity index (χ0) is 14.3. The third kappa shape index (κ3) is 2.38. The minimum atomic E-state index is -1.65. The molecule has 1 fully saturated rings. The minimum Gasteiger partial charge on any atom is -0.396 e. The molecule has 0 unspecified atom stereocenters. The van der Waals surface area contributed by atoms with Crippen LogP contribution in [0.25, 0.3) is 0 Å². The Morgan fingerprint density at radius 2 is 2.11 bits per heavy atom. The SMILES string of the molecule is CC(C)(F)[C@H]1OC[C@@](N)(c2ccccc2F)[C@@H]1CO. The zero-order valence-electron chi connectivity index (χ0n) is 11.1. The maximum Gasteiger partial charge on any atom is 0.131 e. The summed E-state index contributed by atoms with van der Waals surface area (Å²) in [7, 11) is 0. The van der Waals surface area contributed by atoms with Crippen molar-refractivity contribution in [1.29, 1.82) is 0 Å². The van der Waals surface area contributed by atoms with Crippen molar-refractivity contribution >= 4 is 0 Å². The van der Waals surface area contributed by atoms with Gasteiger partial charge in [0.05, 0.1) is 24.9 Å². The highest BCUT2D eigenvalue weighted by Crippen LogP contribution is 2.42. The molecule has 1 aromatic rings. The second-order valence-electron chi connectivity index (χ2n) is 5.61. The Kier molecular flexibility index (Phi) is 3.64. The smallest absolute Gasteiger partial charge is 0.131 e. The Bertz CT molecular complexity index is 461. The molecule has 1 saturated heterocycles. The molecule has 3 N–H and O–H groups in total. The first-order valence-corrected chi connectivity index (χ1v) is 6.26. The van der Waals surface area contributed by atoms with E-state index in [-0.39, 0.29) is 18.8 Å². The second-order valence-corrected chi connectivity index (χ2v) is 5.61. The van der Waals surface area contributed by atoms with Crippen LogP contribution < -0.4 is 5.73 Å². The summed E-state index contributed by atoms with van der Waals surface area (Å²) in [4.78, 5) is 0. The van der Waals surface area contributed by atoms with E-state index in [4.69, 9.17) is 10.5 Å². The monoisotopic (exact) mass is 271 g/mol. The highest BCUT2D eigenvalue weighted by atomic mass is 19.1. The molecule has 3 nitrogen and oxygen atoms in total. The largest absolute Gasteiger partial charge is 0.396 e. The molecule has 0 saturated carbocycles. The molecule has 106 valence electrons. The van der Waals surface area contributed by atoms with E-state index in [0.29, 0.717) is 0 Å². The summed E-state index contributed by atoms with van der Waals surface area (Å²) in [6.45, 7) is 2.36. The van der Waals surface area contributed by atoms with Gasteiger partial charge in [0.2, 0.25) is 0 Å². The van der Waals surface area contributed by atoms with Crippen molar-refractivity contribution in [3.8, 4) is 0 Å². The summed E-state index contributed by atoms with van der Waals surface area (Å²) in [6.07, 6.45) is -0.859. The quantitative estimate of drug-likeness (QED) is 0.880. The summed E-state index contributed by atoms with van der Waals surface area (Å²) in [5, 5.41) is 9.54. The Morgan fingerprint density at radius 1 is 1.47 bits per heavy atom. The van der Waals surface area contributed by atoms with E-state index in [1.807, 2.05) is 0 Å². The number of nitrogens with two attached hydrogens (primary N) is 1. The molecule has 0 aromatic heterocycles. The summed E-state index contributed by atoms with van der Waals surface area (Å²) >= 11 is 0. The number of ether oxygens (including phenoxy) is 1. The third-order valence-electron chi connectivity index (χ3n) is 3.78. The average Bonchev–Trinajstić information content (AvgIpc) is 2.67. The van der Waals surface area contributed by atoms with Gasteiger partial charge in [-0.3, -0.25) is 0 Å². The molecule has 0 bridgehead atoms. The van der Waals surface area contributed by atoms with E-state index >= 15 is 0 Å².